The van der Waals surface area contributed by atoms with E-state index in [0.717, 1.165) is 16.9 Å². The fourth-order valence-electron chi connectivity index (χ4n) is 2.29. The number of hydrogen-bond donors (Lipinski definition) is 2. The molecule has 1 aromatic rings. The molecule has 1 fully saturated rings. The summed E-state index contributed by atoms with van der Waals surface area (Å²) in [5.74, 6) is 0.453. The van der Waals surface area contributed by atoms with Crippen molar-refractivity contribution in [3.8, 4) is 5.75 Å². The minimum atomic E-state index is -0.964. The number of carbonyl (C=O) groups is 2. The minimum absolute atomic E-state index is 0.306. The Morgan fingerprint density at radius 3 is 2.50 bits per heavy atom. The molecule has 5 nitrogen and oxygen atoms in total. The third kappa shape index (κ3) is 1.72. The number of urea groups is 1. The van der Waals surface area contributed by atoms with E-state index in [1.807, 2.05) is 19.9 Å². The fourth-order valence-corrected chi connectivity index (χ4v) is 2.29. The zero-order valence-electron chi connectivity index (χ0n) is 10.7. The highest BCUT2D eigenvalue weighted by Gasteiger charge is 2.46. The van der Waals surface area contributed by atoms with Crippen molar-refractivity contribution < 1.29 is 14.3 Å². The second-order valence-electron chi connectivity index (χ2n) is 4.35. The number of amides is 3. The summed E-state index contributed by atoms with van der Waals surface area (Å²) in [5, 5.41) is 4.99. The molecule has 5 heteroatoms. The molecule has 0 saturated carbocycles. The van der Waals surface area contributed by atoms with Crippen LogP contribution >= 0.6 is 0 Å². The van der Waals surface area contributed by atoms with E-state index in [1.54, 1.807) is 19.2 Å². The lowest BCUT2D eigenvalue weighted by Crippen LogP contribution is -2.43. The molecule has 0 bridgehead atoms. The fraction of sp³-hybridized carbons (Fsp3) is 0.385. The number of ether oxygens (including phenoxy) is 1. The van der Waals surface area contributed by atoms with Gasteiger partial charge >= 0.3 is 6.03 Å². The van der Waals surface area contributed by atoms with E-state index < -0.39 is 11.6 Å². The van der Waals surface area contributed by atoms with E-state index in [1.165, 1.54) is 0 Å². The monoisotopic (exact) mass is 248 g/mol. The van der Waals surface area contributed by atoms with E-state index in [4.69, 9.17) is 4.74 Å². The second kappa shape index (κ2) is 4.33. The standard InChI is InChI=1S/C13H16N2O3/c1-4-13(11(16)14-12(17)15-13)9-5-6-10(18-3)8(2)7-9/h5-7H,4H2,1-3H3,(H2,14,15,16,17). The lowest BCUT2D eigenvalue weighted by molar-refractivity contribution is -0.124. The number of hydrogen-bond acceptors (Lipinski definition) is 3. The Morgan fingerprint density at radius 2 is 2.06 bits per heavy atom. The van der Waals surface area contributed by atoms with Crippen LogP contribution in [0.15, 0.2) is 18.2 Å². The molecule has 18 heavy (non-hydrogen) atoms. The van der Waals surface area contributed by atoms with E-state index >= 15 is 0 Å². The Labute approximate surface area is 106 Å². The smallest absolute Gasteiger partial charge is 0.322 e. The van der Waals surface area contributed by atoms with Crippen molar-refractivity contribution in [2.24, 2.45) is 0 Å². The van der Waals surface area contributed by atoms with Gasteiger partial charge in [0.2, 0.25) is 0 Å². The largest absolute Gasteiger partial charge is 0.496 e. The molecule has 1 unspecified atom stereocenters. The highest BCUT2D eigenvalue weighted by atomic mass is 16.5. The van der Waals surface area contributed by atoms with Crippen LogP contribution < -0.4 is 15.4 Å². The van der Waals surface area contributed by atoms with Crippen molar-refractivity contribution in [2.45, 2.75) is 25.8 Å². The van der Waals surface area contributed by atoms with Gasteiger partial charge in [0.25, 0.3) is 5.91 Å². The van der Waals surface area contributed by atoms with Crippen molar-refractivity contribution in [3.05, 3.63) is 29.3 Å². The molecule has 1 aliphatic rings. The number of aryl methyl sites for hydroxylation is 1. The average molecular weight is 248 g/mol. The molecule has 2 rings (SSSR count). The molecular formula is C13H16N2O3. The molecule has 1 aromatic carbocycles. The predicted octanol–water partition coefficient (Wildman–Crippen LogP) is 1.45. The van der Waals surface area contributed by atoms with E-state index in [9.17, 15) is 9.59 Å². The van der Waals surface area contributed by atoms with Gasteiger partial charge in [-0.15, -0.1) is 0 Å². The summed E-state index contributed by atoms with van der Waals surface area (Å²) in [6.45, 7) is 3.77. The van der Waals surface area contributed by atoms with Gasteiger partial charge in [0.1, 0.15) is 11.3 Å². The molecule has 0 radical (unpaired) electrons. The summed E-state index contributed by atoms with van der Waals surface area (Å²) in [6, 6.07) is 5.03. The van der Waals surface area contributed by atoms with E-state index in [-0.39, 0.29) is 5.91 Å². The first-order valence-electron chi connectivity index (χ1n) is 5.82. The average Bonchev–Trinajstić information content (AvgIpc) is 2.64. The highest BCUT2D eigenvalue weighted by molar-refractivity contribution is 6.07. The normalized spacial score (nSPS) is 22.6. The number of benzene rings is 1. The van der Waals surface area contributed by atoms with Crippen LogP contribution in [0, 0.1) is 6.92 Å². The van der Waals surface area contributed by atoms with Crippen LogP contribution in [-0.2, 0) is 10.3 Å². The molecule has 3 amide bonds. The van der Waals surface area contributed by atoms with Gasteiger partial charge in [-0.2, -0.15) is 0 Å². The lowest BCUT2D eigenvalue weighted by atomic mass is 9.86. The first-order chi connectivity index (χ1) is 8.53. The van der Waals surface area contributed by atoms with Gasteiger partial charge in [0.15, 0.2) is 0 Å². The van der Waals surface area contributed by atoms with Gasteiger partial charge in [0, 0.05) is 0 Å². The maximum atomic E-state index is 12.0. The zero-order chi connectivity index (χ0) is 13.3. The van der Waals surface area contributed by atoms with Crippen molar-refractivity contribution in [1.29, 1.82) is 0 Å². The molecular weight excluding hydrogens is 232 g/mol. The predicted molar refractivity (Wildman–Crippen MR) is 66.4 cm³/mol. The highest BCUT2D eigenvalue weighted by Crippen LogP contribution is 2.31. The Morgan fingerprint density at radius 1 is 1.33 bits per heavy atom. The van der Waals surface area contributed by atoms with Gasteiger partial charge in [-0.1, -0.05) is 13.0 Å². The first kappa shape index (κ1) is 12.4. The number of rotatable bonds is 3. The maximum Gasteiger partial charge on any atom is 0.322 e. The van der Waals surface area contributed by atoms with Crippen molar-refractivity contribution >= 4 is 11.9 Å². The van der Waals surface area contributed by atoms with Crippen LogP contribution in [0.3, 0.4) is 0 Å². The van der Waals surface area contributed by atoms with Gasteiger partial charge in [-0.3, -0.25) is 10.1 Å². The summed E-state index contributed by atoms with van der Waals surface area (Å²) >= 11 is 0. The Balaban J connectivity index is 2.48. The van der Waals surface area contributed by atoms with E-state index in [0.29, 0.717) is 6.42 Å². The summed E-state index contributed by atoms with van der Waals surface area (Å²) in [4.78, 5) is 23.3. The van der Waals surface area contributed by atoms with Crippen LogP contribution in [0.25, 0.3) is 0 Å². The quantitative estimate of drug-likeness (QED) is 0.795. The van der Waals surface area contributed by atoms with Gasteiger partial charge in [-0.05, 0) is 36.6 Å². The molecule has 1 aliphatic heterocycles. The molecule has 2 N–H and O–H groups in total. The number of imide groups is 1. The molecule has 1 atom stereocenters. The topological polar surface area (TPSA) is 67.4 Å². The number of carbonyl (C=O) groups excluding carboxylic acids is 2. The molecule has 0 aliphatic carbocycles. The number of nitrogens with one attached hydrogen (secondary N) is 2. The van der Waals surface area contributed by atoms with Crippen molar-refractivity contribution in [2.75, 3.05) is 7.11 Å². The zero-order valence-corrected chi connectivity index (χ0v) is 10.7. The van der Waals surface area contributed by atoms with Crippen molar-refractivity contribution in [3.63, 3.8) is 0 Å². The summed E-state index contributed by atoms with van der Waals surface area (Å²) in [6.07, 6.45) is 0.496. The maximum absolute atomic E-state index is 12.0. The summed E-state index contributed by atoms with van der Waals surface area (Å²) in [5.41, 5.74) is 0.733. The van der Waals surface area contributed by atoms with Crippen molar-refractivity contribution in [1.82, 2.24) is 10.6 Å². The molecule has 96 valence electrons. The van der Waals surface area contributed by atoms with Gasteiger partial charge in [0.05, 0.1) is 7.11 Å². The first-order valence-corrected chi connectivity index (χ1v) is 5.82. The third-order valence-corrected chi connectivity index (χ3v) is 3.36. The van der Waals surface area contributed by atoms with Crippen LogP contribution in [-0.4, -0.2) is 19.0 Å². The Bertz CT molecular complexity index is 513. The molecule has 1 heterocycles. The second-order valence-corrected chi connectivity index (χ2v) is 4.35. The Hall–Kier alpha value is -2.04. The van der Waals surface area contributed by atoms with Crippen LogP contribution in [0.5, 0.6) is 5.75 Å². The van der Waals surface area contributed by atoms with Crippen LogP contribution in [0.1, 0.15) is 24.5 Å². The van der Waals surface area contributed by atoms with Crippen LogP contribution in [0.2, 0.25) is 0 Å². The number of methoxy groups -OCH3 is 1. The van der Waals surface area contributed by atoms with Gasteiger partial charge in [-0.25, -0.2) is 4.79 Å². The summed E-state index contributed by atoms with van der Waals surface area (Å²) < 4.78 is 5.19. The van der Waals surface area contributed by atoms with E-state index in [2.05, 4.69) is 10.6 Å². The summed E-state index contributed by atoms with van der Waals surface area (Å²) in [7, 11) is 1.60. The lowest BCUT2D eigenvalue weighted by Gasteiger charge is -2.25. The Kier molecular flexibility index (Phi) is 2.98. The molecule has 1 saturated heterocycles. The molecule has 0 aromatic heterocycles. The molecule has 0 spiro atoms. The third-order valence-electron chi connectivity index (χ3n) is 3.36. The van der Waals surface area contributed by atoms with Gasteiger partial charge < -0.3 is 10.1 Å². The van der Waals surface area contributed by atoms with Crippen LogP contribution in [0.4, 0.5) is 4.79 Å². The SMILES string of the molecule is CCC1(c2ccc(OC)c(C)c2)NC(=O)NC1=O. The minimum Gasteiger partial charge on any atom is -0.496 e.